The summed E-state index contributed by atoms with van der Waals surface area (Å²) < 4.78 is 0. The Morgan fingerprint density at radius 1 is 0.967 bits per heavy atom. The molecular weight excluding hydrogens is 400 g/mol. The van der Waals surface area contributed by atoms with Crippen molar-refractivity contribution in [2.24, 2.45) is 41.4 Å². The molecule has 0 spiro atoms. The van der Waals surface area contributed by atoms with Gasteiger partial charge >= 0.3 is 0 Å². The Labute approximate surface area is 180 Å². The van der Waals surface area contributed by atoms with Gasteiger partial charge in [0, 0.05) is 22.7 Å². The Morgan fingerprint density at radius 2 is 1.60 bits per heavy atom. The third-order valence-corrected chi connectivity index (χ3v) is 8.46. The van der Waals surface area contributed by atoms with Gasteiger partial charge in [-0.3, -0.25) is 19.3 Å². The summed E-state index contributed by atoms with van der Waals surface area (Å²) in [5.41, 5.74) is 0.699. The van der Waals surface area contributed by atoms with Crippen molar-refractivity contribution >= 4 is 35.0 Å². The minimum atomic E-state index is -0.125. The van der Waals surface area contributed by atoms with Gasteiger partial charge in [-0.25, -0.2) is 0 Å². The first-order valence-electron chi connectivity index (χ1n) is 11.1. The van der Waals surface area contributed by atoms with Gasteiger partial charge in [-0.2, -0.15) is 0 Å². The van der Waals surface area contributed by atoms with E-state index in [4.69, 9.17) is 11.6 Å². The van der Waals surface area contributed by atoms with E-state index in [-0.39, 0.29) is 53.4 Å². The molecule has 1 heterocycles. The van der Waals surface area contributed by atoms with E-state index in [1.54, 1.807) is 17.0 Å². The van der Waals surface area contributed by atoms with Crippen molar-refractivity contribution in [3.8, 4) is 0 Å². The van der Waals surface area contributed by atoms with Crippen LogP contribution < -0.4 is 5.32 Å². The summed E-state index contributed by atoms with van der Waals surface area (Å²) in [6.07, 6.45) is 8.42. The highest BCUT2D eigenvalue weighted by molar-refractivity contribution is 6.30. The molecule has 6 aliphatic rings. The summed E-state index contributed by atoms with van der Waals surface area (Å²) in [5, 5.41) is 3.53. The number of carbonyl (C=O) groups is 3. The van der Waals surface area contributed by atoms with Crippen LogP contribution in [0.3, 0.4) is 0 Å². The maximum atomic E-state index is 13.3. The minimum Gasteiger partial charge on any atom is -0.326 e. The lowest BCUT2D eigenvalue weighted by molar-refractivity contribution is -0.144. The number of anilines is 1. The zero-order valence-electron chi connectivity index (χ0n) is 16.7. The second-order valence-electron chi connectivity index (χ2n) is 9.71. The zero-order chi connectivity index (χ0) is 20.6. The lowest BCUT2D eigenvalue weighted by atomic mass is 9.63. The predicted octanol–water partition coefficient (Wildman–Crippen LogP) is 3.89. The number of imide groups is 1. The molecule has 1 aromatic carbocycles. The summed E-state index contributed by atoms with van der Waals surface area (Å²) in [4.78, 5) is 40.8. The fraction of sp³-hybridized carbons (Fsp3) is 0.542. The Morgan fingerprint density at radius 3 is 2.20 bits per heavy atom. The molecule has 6 atom stereocenters. The molecule has 4 fully saturated rings. The smallest absolute Gasteiger partial charge is 0.233 e. The highest BCUT2D eigenvalue weighted by Gasteiger charge is 2.67. The van der Waals surface area contributed by atoms with Crippen molar-refractivity contribution in [3.05, 3.63) is 41.4 Å². The van der Waals surface area contributed by atoms with E-state index in [0.717, 1.165) is 0 Å². The first-order valence-corrected chi connectivity index (χ1v) is 11.5. The number of benzene rings is 1. The molecule has 1 aromatic rings. The van der Waals surface area contributed by atoms with E-state index < -0.39 is 0 Å². The van der Waals surface area contributed by atoms with Gasteiger partial charge in [0.1, 0.15) is 0 Å². The molecule has 3 amide bonds. The maximum absolute atomic E-state index is 13.3. The molecule has 3 saturated carbocycles. The molecular formula is C24H25ClN2O3. The van der Waals surface area contributed by atoms with Crippen molar-refractivity contribution in [2.75, 3.05) is 5.32 Å². The van der Waals surface area contributed by atoms with Gasteiger partial charge in [0.15, 0.2) is 0 Å². The van der Waals surface area contributed by atoms with Crippen LogP contribution in [0, 0.1) is 41.4 Å². The number of halogens is 1. The maximum Gasteiger partial charge on any atom is 0.233 e. The monoisotopic (exact) mass is 424 g/mol. The van der Waals surface area contributed by atoms with E-state index in [1.807, 2.05) is 12.1 Å². The molecule has 0 unspecified atom stereocenters. The molecule has 5 aliphatic carbocycles. The normalized spacial score (nSPS) is 40.9. The number of allylic oxidation sites excluding steroid dienone is 2. The topological polar surface area (TPSA) is 66.5 Å². The first kappa shape index (κ1) is 18.6. The van der Waals surface area contributed by atoms with Crippen molar-refractivity contribution < 1.29 is 14.4 Å². The van der Waals surface area contributed by atoms with Gasteiger partial charge < -0.3 is 5.32 Å². The number of nitrogens with one attached hydrogen (secondary N) is 1. The van der Waals surface area contributed by atoms with E-state index in [9.17, 15) is 14.4 Å². The van der Waals surface area contributed by atoms with Crippen molar-refractivity contribution in [2.45, 2.75) is 38.1 Å². The van der Waals surface area contributed by atoms with Gasteiger partial charge in [-0.05, 0) is 74.0 Å². The summed E-state index contributed by atoms with van der Waals surface area (Å²) >= 11 is 6.00. The molecule has 6 heteroatoms. The van der Waals surface area contributed by atoms with Gasteiger partial charge in [-0.15, -0.1) is 0 Å². The van der Waals surface area contributed by atoms with Crippen molar-refractivity contribution in [1.29, 1.82) is 0 Å². The average Bonchev–Trinajstić information content (AvgIpc) is 3.52. The number of likely N-dealkylation sites (tertiary alicyclic amines) is 1. The highest BCUT2D eigenvalue weighted by atomic mass is 35.5. The second-order valence-corrected chi connectivity index (χ2v) is 10.1. The third-order valence-electron chi connectivity index (χ3n) is 8.22. The van der Waals surface area contributed by atoms with E-state index >= 15 is 0 Å². The second kappa shape index (κ2) is 6.68. The zero-order valence-corrected chi connectivity index (χ0v) is 17.4. The van der Waals surface area contributed by atoms with Crippen molar-refractivity contribution in [3.63, 3.8) is 0 Å². The molecule has 1 N–H and O–H groups in total. The number of carbonyl (C=O) groups excluding carboxylic acids is 3. The van der Waals surface area contributed by atoms with Gasteiger partial charge in [0.25, 0.3) is 0 Å². The molecule has 5 nitrogen and oxygen atoms in total. The number of hydrogen-bond donors (Lipinski definition) is 1. The Hall–Kier alpha value is -2.14. The molecule has 1 aliphatic heterocycles. The summed E-state index contributed by atoms with van der Waals surface area (Å²) in [7, 11) is 0. The number of amides is 3. The number of rotatable bonds is 3. The lowest BCUT2D eigenvalue weighted by Gasteiger charge is -2.37. The first-order chi connectivity index (χ1) is 14.5. The SMILES string of the molecule is O=C(Nc1cccc(Cl)c1)C1CCC(N2C(=O)[C@H]3[C@@H]4C=C[C@@H]([C@H]5C[C@H]45)[C@@H]3C2=O)CC1. The largest absolute Gasteiger partial charge is 0.326 e. The van der Waals surface area contributed by atoms with Crippen LogP contribution in [-0.4, -0.2) is 28.7 Å². The molecule has 156 valence electrons. The molecule has 2 bridgehead atoms. The van der Waals surface area contributed by atoms with E-state index in [2.05, 4.69) is 17.5 Å². The summed E-state index contributed by atoms with van der Waals surface area (Å²) in [5.74, 6) is 1.56. The summed E-state index contributed by atoms with van der Waals surface area (Å²) in [6.45, 7) is 0. The van der Waals surface area contributed by atoms with E-state index in [1.165, 1.54) is 6.42 Å². The Bertz CT molecular complexity index is 931. The molecule has 30 heavy (non-hydrogen) atoms. The lowest BCUT2D eigenvalue weighted by Crippen LogP contribution is -2.44. The van der Waals surface area contributed by atoms with Crippen LogP contribution in [0.5, 0.6) is 0 Å². The average molecular weight is 425 g/mol. The van der Waals surface area contributed by atoms with Crippen LogP contribution in [0.4, 0.5) is 5.69 Å². The predicted molar refractivity (Wildman–Crippen MR) is 112 cm³/mol. The van der Waals surface area contributed by atoms with Crippen molar-refractivity contribution in [1.82, 2.24) is 4.90 Å². The number of hydrogen-bond acceptors (Lipinski definition) is 3. The molecule has 1 saturated heterocycles. The number of nitrogens with zero attached hydrogens (tertiary/aromatic N) is 1. The van der Waals surface area contributed by atoms with Crippen LogP contribution in [-0.2, 0) is 14.4 Å². The Balaban J connectivity index is 1.12. The van der Waals surface area contributed by atoms with Crippen LogP contribution in [0.1, 0.15) is 32.1 Å². The van der Waals surface area contributed by atoms with Crippen LogP contribution >= 0.6 is 11.6 Å². The van der Waals surface area contributed by atoms with Gasteiger partial charge in [0.2, 0.25) is 17.7 Å². The minimum absolute atomic E-state index is 0.00852. The Kier molecular flexibility index (Phi) is 4.14. The fourth-order valence-corrected chi connectivity index (χ4v) is 6.94. The summed E-state index contributed by atoms with van der Waals surface area (Å²) in [6, 6.07) is 7.09. The highest BCUT2D eigenvalue weighted by Crippen LogP contribution is 2.65. The van der Waals surface area contributed by atoms with Crippen LogP contribution in [0.15, 0.2) is 36.4 Å². The van der Waals surface area contributed by atoms with Crippen LogP contribution in [0.2, 0.25) is 5.02 Å². The molecule has 0 aromatic heterocycles. The standard InChI is InChI=1S/C24H25ClN2O3/c25-13-2-1-3-14(10-13)26-22(28)12-4-6-15(7-5-12)27-23(29)20-16-8-9-17(19-11-18(16)19)21(20)24(27)30/h1-3,8-10,12,15-21H,4-7,11H2,(H,26,28)/t12?,15?,16-,17+,18-,19-,20+,21+/m1/s1. The molecule has 7 rings (SSSR count). The fourth-order valence-electron chi connectivity index (χ4n) is 6.75. The van der Waals surface area contributed by atoms with Gasteiger partial charge in [0.05, 0.1) is 11.8 Å². The van der Waals surface area contributed by atoms with E-state index in [0.29, 0.717) is 48.2 Å². The van der Waals surface area contributed by atoms with Crippen LogP contribution in [0.25, 0.3) is 0 Å². The third kappa shape index (κ3) is 2.71. The molecule has 0 radical (unpaired) electrons. The van der Waals surface area contributed by atoms with Gasteiger partial charge in [-0.1, -0.05) is 29.8 Å². The quantitative estimate of drug-likeness (QED) is 0.591.